The number of hydrogen-bond donors (Lipinski definition) is 0. The lowest BCUT2D eigenvalue weighted by molar-refractivity contribution is 0.483. The average molecular weight is 213 g/mol. The van der Waals surface area contributed by atoms with Crippen molar-refractivity contribution in [2.24, 2.45) is 10.9 Å². The van der Waals surface area contributed by atoms with Gasteiger partial charge in [0.1, 0.15) is 0 Å². The molecule has 0 spiro atoms. The molecule has 1 heteroatoms. The fourth-order valence-electron chi connectivity index (χ4n) is 2.46. The van der Waals surface area contributed by atoms with E-state index in [-0.39, 0.29) is 0 Å². The number of hydrogen-bond acceptors (Lipinski definition) is 1. The summed E-state index contributed by atoms with van der Waals surface area (Å²) >= 11 is 0. The Balaban J connectivity index is 1.97. The van der Waals surface area contributed by atoms with Crippen molar-refractivity contribution >= 4 is 6.21 Å². The third kappa shape index (κ3) is 2.24. The van der Waals surface area contributed by atoms with Crippen LogP contribution in [-0.2, 0) is 0 Å². The highest BCUT2D eigenvalue weighted by atomic mass is 14.8. The summed E-state index contributed by atoms with van der Waals surface area (Å²) in [5, 5.41) is 0. The van der Waals surface area contributed by atoms with Crippen LogP contribution in [0.2, 0.25) is 0 Å². The van der Waals surface area contributed by atoms with E-state index < -0.39 is 0 Å². The minimum absolute atomic E-state index is 0.739. The standard InChI is InChI=1S/C15H19N/c1-3-5-12(6-4-2)11-13-7-8-15-14(13)9-10-16-15/h3,7-10,12H,1,4-6,11H2,2H3. The largest absolute Gasteiger partial charge is 0.256 e. The molecule has 0 saturated heterocycles. The van der Waals surface area contributed by atoms with E-state index >= 15 is 0 Å². The minimum Gasteiger partial charge on any atom is -0.256 e. The highest BCUT2D eigenvalue weighted by molar-refractivity contribution is 5.83. The molecule has 1 nitrogen and oxygen atoms in total. The molecule has 84 valence electrons. The normalized spacial score (nSPS) is 18.9. The third-order valence-corrected chi connectivity index (χ3v) is 3.22. The van der Waals surface area contributed by atoms with Gasteiger partial charge >= 0.3 is 0 Å². The van der Waals surface area contributed by atoms with Crippen LogP contribution in [0.5, 0.6) is 0 Å². The first-order chi connectivity index (χ1) is 7.85. The Labute approximate surface area is 98.0 Å². The lowest BCUT2D eigenvalue weighted by Crippen LogP contribution is -2.01. The Morgan fingerprint density at radius 1 is 1.38 bits per heavy atom. The van der Waals surface area contributed by atoms with Crippen LogP contribution in [0.4, 0.5) is 0 Å². The monoisotopic (exact) mass is 213 g/mol. The van der Waals surface area contributed by atoms with Crippen LogP contribution in [0.3, 0.4) is 0 Å². The van der Waals surface area contributed by atoms with Crippen LogP contribution < -0.4 is 0 Å². The first-order valence-electron chi connectivity index (χ1n) is 6.12. The molecule has 2 aliphatic rings. The highest BCUT2D eigenvalue weighted by Gasteiger charge is 2.19. The van der Waals surface area contributed by atoms with Crippen molar-refractivity contribution in [2.45, 2.75) is 32.6 Å². The van der Waals surface area contributed by atoms with Gasteiger partial charge in [-0.25, -0.2) is 0 Å². The number of nitrogens with zero attached hydrogens (tertiary/aromatic N) is 1. The first kappa shape index (κ1) is 11.1. The van der Waals surface area contributed by atoms with Crippen LogP contribution >= 0.6 is 0 Å². The maximum Gasteiger partial charge on any atom is 0.0705 e. The van der Waals surface area contributed by atoms with Crippen LogP contribution in [0, 0.1) is 5.92 Å². The predicted octanol–water partition coefficient (Wildman–Crippen LogP) is 4.20. The van der Waals surface area contributed by atoms with Crippen LogP contribution in [0.25, 0.3) is 0 Å². The number of allylic oxidation sites excluding steroid dienone is 5. The Morgan fingerprint density at radius 3 is 3.00 bits per heavy atom. The Morgan fingerprint density at radius 2 is 2.25 bits per heavy atom. The summed E-state index contributed by atoms with van der Waals surface area (Å²) in [5.74, 6) is 0.739. The van der Waals surface area contributed by atoms with Gasteiger partial charge in [0.15, 0.2) is 0 Å². The summed E-state index contributed by atoms with van der Waals surface area (Å²) in [4.78, 5) is 4.32. The molecule has 0 bridgehead atoms. The maximum atomic E-state index is 4.32. The van der Waals surface area contributed by atoms with Crippen LogP contribution in [-0.4, -0.2) is 6.21 Å². The zero-order valence-electron chi connectivity index (χ0n) is 9.95. The van der Waals surface area contributed by atoms with E-state index in [1.165, 1.54) is 24.0 Å². The van der Waals surface area contributed by atoms with Gasteiger partial charge < -0.3 is 0 Å². The SMILES string of the molecule is C=CCC(CCC)CC1=CC=C2N=CC=C12. The summed E-state index contributed by atoms with van der Waals surface area (Å²) < 4.78 is 0. The van der Waals surface area contributed by atoms with E-state index in [1.807, 2.05) is 12.3 Å². The molecule has 0 saturated carbocycles. The molecule has 1 aliphatic heterocycles. The zero-order valence-corrected chi connectivity index (χ0v) is 9.95. The Bertz CT molecular complexity index is 394. The minimum atomic E-state index is 0.739. The fourth-order valence-corrected chi connectivity index (χ4v) is 2.46. The third-order valence-electron chi connectivity index (χ3n) is 3.22. The highest BCUT2D eigenvalue weighted by Crippen LogP contribution is 2.35. The van der Waals surface area contributed by atoms with Crippen molar-refractivity contribution in [3.05, 3.63) is 47.7 Å². The van der Waals surface area contributed by atoms with Gasteiger partial charge in [0.05, 0.1) is 5.70 Å². The molecule has 0 N–H and O–H groups in total. The summed E-state index contributed by atoms with van der Waals surface area (Å²) in [7, 11) is 0. The van der Waals surface area contributed by atoms with Crippen molar-refractivity contribution in [3.8, 4) is 0 Å². The van der Waals surface area contributed by atoms with Crippen molar-refractivity contribution in [1.82, 2.24) is 0 Å². The summed E-state index contributed by atoms with van der Waals surface area (Å²) in [6, 6.07) is 0. The van der Waals surface area contributed by atoms with E-state index in [9.17, 15) is 0 Å². The number of aliphatic imine (C=N–C) groups is 1. The quantitative estimate of drug-likeness (QED) is 0.586. The molecular formula is C15H19N. The van der Waals surface area contributed by atoms with Crippen molar-refractivity contribution in [1.29, 1.82) is 0 Å². The first-order valence-corrected chi connectivity index (χ1v) is 6.12. The molecule has 0 aromatic rings. The van der Waals surface area contributed by atoms with Gasteiger partial charge in [0.2, 0.25) is 0 Å². The molecule has 0 fully saturated rings. The van der Waals surface area contributed by atoms with E-state index in [0.29, 0.717) is 0 Å². The van der Waals surface area contributed by atoms with Gasteiger partial charge in [-0.05, 0) is 36.5 Å². The van der Waals surface area contributed by atoms with Crippen molar-refractivity contribution < 1.29 is 0 Å². The average Bonchev–Trinajstić information content (AvgIpc) is 2.83. The number of rotatable bonds is 6. The molecule has 1 unspecified atom stereocenters. The predicted molar refractivity (Wildman–Crippen MR) is 70.6 cm³/mol. The number of fused-ring (bicyclic) bond motifs is 1. The van der Waals surface area contributed by atoms with E-state index in [2.05, 4.69) is 36.7 Å². The molecule has 0 radical (unpaired) electrons. The Hall–Kier alpha value is -1.37. The van der Waals surface area contributed by atoms with Crippen molar-refractivity contribution in [3.63, 3.8) is 0 Å². The van der Waals surface area contributed by atoms with Crippen LogP contribution in [0.1, 0.15) is 32.6 Å². The van der Waals surface area contributed by atoms with Crippen molar-refractivity contribution in [2.75, 3.05) is 0 Å². The maximum absolute atomic E-state index is 4.32. The van der Waals surface area contributed by atoms with Gasteiger partial charge in [0, 0.05) is 11.8 Å². The molecule has 16 heavy (non-hydrogen) atoms. The molecule has 0 aromatic carbocycles. The topological polar surface area (TPSA) is 12.4 Å². The summed E-state index contributed by atoms with van der Waals surface area (Å²) in [5.41, 5.74) is 3.93. The second kappa shape index (κ2) is 5.11. The molecule has 0 amide bonds. The zero-order chi connectivity index (χ0) is 11.4. The van der Waals surface area contributed by atoms with Gasteiger partial charge in [-0.2, -0.15) is 0 Å². The van der Waals surface area contributed by atoms with Gasteiger partial charge in [-0.3, -0.25) is 4.99 Å². The smallest absolute Gasteiger partial charge is 0.0705 e. The van der Waals surface area contributed by atoms with Gasteiger partial charge in [-0.1, -0.05) is 31.9 Å². The molecule has 1 aliphatic carbocycles. The molecular weight excluding hydrogens is 194 g/mol. The van der Waals surface area contributed by atoms with E-state index in [1.54, 1.807) is 0 Å². The summed E-state index contributed by atoms with van der Waals surface area (Å²) in [6.07, 6.45) is 15.2. The second-order valence-electron chi connectivity index (χ2n) is 4.49. The van der Waals surface area contributed by atoms with Gasteiger partial charge in [0.25, 0.3) is 0 Å². The second-order valence-corrected chi connectivity index (χ2v) is 4.49. The van der Waals surface area contributed by atoms with E-state index in [0.717, 1.165) is 24.5 Å². The molecule has 1 atom stereocenters. The van der Waals surface area contributed by atoms with Crippen LogP contribution in [0.15, 0.2) is 52.7 Å². The van der Waals surface area contributed by atoms with Gasteiger partial charge in [-0.15, -0.1) is 6.58 Å². The Kier molecular flexibility index (Phi) is 3.55. The van der Waals surface area contributed by atoms with E-state index in [4.69, 9.17) is 0 Å². The molecule has 1 heterocycles. The summed E-state index contributed by atoms with van der Waals surface area (Å²) in [6.45, 7) is 6.10. The molecule has 2 rings (SSSR count). The molecule has 0 aromatic heterocycles. The lowest BCUT2D eigenvalue weighted by atomic mass is 9.90. The fraction of sp³-hybridized carbons (Fsp3) is 0.400. The lowest BCUT2D eigenvalue weighted by Gasteiger charge is -2.15.